The first kappa shape index (κ1) is 17.9. The number of nitrogens with zero attached hydrogens (tertiary/aromatic N) is 3. The van der Waals surface area contributed by atoms with Crippen molar-refractivity contribution in [1.82, 2.24) is 4.90 Å². The van der Waals surface area contributed by atoms with Crippen LogP contribution in [0.3, 0.4) is 0 Å². The summed E-state index contributed by atoms with van der Waals surface area (Å²) in [6.45, 7) is 0.547. The number of carbonyl (C=O) groups is 3. The number of ether oxygens (including phenoxy) is 2. The van der Waals surface area contributed by atoms with E-state index in [1.54, 1.807) is 24.3 Å². The minimum atomic E-state index is -1.06. The number of rotatable bonds is 4. The molecule has 2 heterocycles. The minimum Gasteiger partial charge on any atom is -0.480 e. The van der Waals surface area contributed by atoms with Crippen molar-refractivity contribution >= 4 is 29.2 Å². The second-order valence-electron chi connectivity index (χ2n) is 5.92. The molecular formula is C17H19N3O6. The van der Waals surface area contributed by atoms with Crippen LogP contribution in [0.4, 0.5) is 5.69 Å². The summed E-state index contributed by atoms with van der Waals surface area (Å²) in [6.07, 6.45) is -0.858. The molecule has 26 heavy (non-hydrogen) atoms. The fourth-order valence-corrected chi connectivity index (χ4v) is 2.94. The van der Waals surface area contributed by atoms with Gasteiger partial charge in [0, 0.05) is 13.0 Å². The lowest BCUT2D eigenvalue weighted by atomic mass is 10.1. The monoisotopic (exact) mass is 361 g/mol. The molecule has 1 aromatic rings. The molecule has 0 radical (unpaired) electrons. The van der Waals surface area contributed by atoms with Crippen molar-refractivity contribution in [2.45, 2.75) is 18.6 Å². The van der Waals surface area contributed by atoms with Crippen LogP contribution in [0.1, 0.15) is 6.42 Å². The number of amides is 1. The second-order valence-corrected chi connectivity index (χ2v) is 5.92. The van der Waals surface area contributed by atoms with Gasteiger partial charge in [0.2, 0.25) is 0 Å². The van der Waals surface area contributed by atoms with Gasteiger partial charge in [-0.05, 0) is 12.1 Å². The van der Waals surface area contributed by atoms with Gasteiger partial charge in [-0.3, -0.25) is 9.80 Å². The van der Waals surface area contributed by atoms with Crippen LogP contribution >= 0.6 is 0 Å². The molecule has 0 aliphatic carbocycles. The molecule has 1 amide bonds. The molecule has 1 aromatic carbocycles. The quantitative estimate of drug-likeness (QED) is 0.758. The molecule has 2 aliphatic heterocycles. The molecule has 1 N–H and O–H groups in total. The Hall–Kier alpha value is -2.94. The summed E-state index contributed by atoms with van der Waals surface area (Å²) in [7, 11) is 1.25. The second kappa shape index (κ2) is 7.52. The van der Waals surface area contributed by atoms with Gasteiger partial charge >= 0.3 is 11.9 Å². The summed E-state index contributed by atoms with van der Waals surface area (Å²) in [4.78, 5) is 37.4. The van der Waals surface area contributed by atoms with Gasteiger partial charge in [-0.2, -0.15) is 5.10 Å². The molecule has 1 fully saturated rings. The van der Waals surface area contributed by atoms with Crippen molar-refractivity contribution in [2.75, 3.05) is 31.8 Å². The molecule has 0 spiro atoms. The number of benzene rings is 1. The molecule has 9 heteroatoms. The number of carbonyl (C=O) groups excluding carboxylic acids is 2. The van der Waals surface area contributed by atoms with Gasteiger partial charge in [0.05, 0.1) is 25.9 Å². The Bertz CT molecular complexity index is 735. The Morgan fingerprint density at radius 3 is 2.65 bits per heavy atom. The van der Waals surface area contributed by atoms with E-state index in [9.17, 15) is 19.5 Å². The Balaban J connectivity index is 1.78. The third-order valence-corrected chi connectivity index (χ3v) is 4.28. The third kappa shape index (κ3) is 3.52. The number of hydrazone groups is 1. The Morgan fingerprint density at radius 2 is 2.00 bits per heavy atom. The molecule has 9 nitrogen and oxygen atoms in total. The predicted molar refractivity (Wildman–Crippen MR) is 90.7 cm³/mol. The average molecular weight is 361 g/mol. The topological polar surface area (TPSA) is 109 Å². The van der Waals surface area contributed by atoms with Crippen molar-refractivity contribution < 1.29 is 29.0 Å². The maximum Gasteiger partial charge on any atom is 0.336 e. The normalized spacial score (nSPS) is 22.7. The Labute approximate surface area is 149 Å². The number of hydrogen-bond acceptors (Lipinski definition) is 7. The fourth-order valence-electron chi connectivity index (χ4n) is 2.94. The lowest BCUT2D eigenvalue weighted by Gasteiger charge is -2.31. The molecule has 2 unspecified atom stereocenters. The number of esters is 1. The van der Waals surface area contributed by atoms with Gasteiger partial charge in [-0.1, -0.05) is 18.2 Å². The summed E-state index contributed by atoms with van der Waals surface area (Å²) in [6, 6.07) is 7.86. The van der Waals surface area contributed by atoms with E-state index in [2.05, 4.69) is 9.84 Å². The molecule has 1 saturated heterocycles. The molecular weight excluding hydrogens is 342 g/mol. The van der Waals surface area contributed by atoms with E-state index >= 15 is 0 Å². The number of anilines is 1. The zero-order valence-corrected chi connectivity index (χ0v) is 14.2. The number of carboxylic acid groups (broad SMARTS) is 1. The predicted octanol–water partition coefficient (Wildman–Crippen LogP) is 0.106. The van der Waals surface area contributed by atoms with Crippen molar-refractivity contribution in [1.29, 1.82) is 0 Å². The molecule has 3 rings (SSSR count). The van der Waals surface area contributed by atoms with E-state index in [-0.39, 0.29) is 25.3 Å². The lowest BCUT2D eigenvalue weighted by molar-refractivity contribution is -0.161. The summed E-state index contributed by atoms with van der Waals surface area (Å²) in [5.41, 5.74) is 0.740. The highest BCUT2D eigenvalue weighted by molar-refractivity contribution is 6.40. The van der Waals surface area contributed by atoms with Crippen molar-refractivity contribution in [2.24, 2.45) is 5.10 Å². The molecule has 0 saturated carbocycles. The van der Waals surface area contributed by atoms with Gasteiger partial charge < -0.3 is 19.5 Å². The maximum atomic E-state index is 12.8. The van der Waals surface area contributed by atoms with E-state index in [0.717, 1.165) is 0 Å². The van der Waals surface area contributed by atoms with Crippen LogP contribution in [0.5, 0.6) is 0 Å². The highest BCUT2D eigenvalue weighted by Crippen LogP contribution is 2.25. The zero-order chi connectivity index (χ0) is 18.7. The maximum absolute atomic E-state index is 12.8. The van der Waals surface area contributed by atoms with Gasteiger partial charge in [-0.25, -0.2) is 9.59 Å². The number of para-hydroxylation sites is 1. The van der Waals surface area contributed by atoms with Gasteiger partial charge in [0.15, 0.2) is 12.1 Å². The number of methoxy groups -OCH3 is 1. The van der Waals surface area contributed by atoms with Crippen LogP contribution < -0.4 is 5.01 Å². The van der Waals surface area contributed by atoms with Crippen LogP contribution in [0.2, 0.25) is 0 Å². The summed E-state index contributed by atoms with van der Waals surface area (Å²) < 4.78 is 9.96. The standard InChI is InChI=1S/C17H19N3O6/c1-25-17(24)14-10-19(7-8-26-14)15(21)12-9-13(16(22)23)20(18-12)11-5-3-2-4-6-11/h2-6,13-14H,7-10H2,1H3,(H,22,23). The van der Waals surface area contributed by atoms with Crippen LogP contribution in [0, 0.1) is 0 Å². The fraction of sp³-hybridized carbons (Fsp3) is 0.412. The summed E-state index contributed by atoms with van der Waals surface area (Å²) in [5.74, 6) is -2.01. The van der Waals surface area contributed by atoms with Crippen molar-refractivity contribution in [3.05, 3.63) is 30.3 Å². The number of aliphatic carboxylic acids is 1. The van der Waals surface area contributed by atoms with Gasteiger partial charge in [0.25, 0.3) is 5.91 Å². The Kier molecular flexibility index (Phi) is 5.17. The minimum absolute atomic E-state index is 0.0106. The molecule has 138 valence electrons. The smallest absolute Gasteiger partial charge is 0.336 e. The van der Waals surface area contributed by atoms with Crippen LogP contribution in [-0.4, -0.2) is 72.5 Å². The first-order chi connectivity index (χ1) is 12.5. The Morgan fingerprint density at radius 1 is 1.27 bits per heavy atom. The van der Waals surface area contributed by atoms with Crippen LogP contribution in [0.15, 0.2) is 35.4 Å². The number of carboxylic acids is 1. The van der Waals surface area contributed by atoms with E-state index in [0.29, 0.717) is 12.2 Å². The van der Waals surface area contributed by atoms with Crippen LogP contribution in [0.25, 0.3) is 0 Å². The SMILES string of the molecule is COC(=O)C1CN(C(=O)C2=NN(c3ccccc3)C(C(=O)O)C2)CCO1. The zero-order valence-electron chi connectivity index (χ0n) is 14.2. The van der Waals surface area contributed by atoms with Gasteiger partial charge in [-0.15, -0.1) is 0 Å². The van der Waals surface area contributed by atoms with E-state index in [4.69, 9.17) is 4.74 Å². The largest absolute Gasteiger partial charge is 0.480 e. The van der Waals surface area contributed by atoms with E-state index < -0.39 is 30.0 Å². The number of hydrogen-bond donors (Lipinski definition) is 1. The molecule has 0 aromatic heterocycles. The summed E-state index contributed by atoms with van der Waals surface area (Å²) in [5, 5.41) is 15.1. The lowest BCUT2D eigenvalue weighted by Crippen LogP contribution is -2.50. The summed E-state index contributed by atoms with van der Waals surface area (Å²) >= 11 is 0. The highest BCUT2D eigenvalue weighted by atomic mass is 16.6. The first-order valence-electron chi connectivity index (χ1n) is 8.14. The van der Waals surface area contributed by atoms with Crippen LogP contribution in [-0.2, 0) is 23.9 Å². The van der Waals surface area contributed by atoms with Crippen molar-refractivity contribution in [3.63, 3.8) is 0 Å². The number of morpholine rings is 1. The first-order valence-corrected chi connectivity index (χ1v) is 8.14. The van der Waals surface area contributed by atoms with E-state index in [1.165, 1.54) is 17.0 Å². The molecule has 2 aliphatic rings. The molecule has 0 bridgehead atoms. The van der Waals surface area contributed by atoms with E-state index in [1.807, 2.05) is 6.07 Å². The van der Waals surface area contributed by atoms with Crippen molar-refractivity contribution in [3.8, 4) is 0 Å². The average Bonchev–Trinajstić information content (AvgIpc) is 3.13. The molecule has 2 atom stereocenters. The highest BCUT2D eigenvalue weighted by Gasteiger charge is 2.39. The third-order valence-electron chi connectivity index (χ3n) is 4.28. The van der Waals surface area contributed by atoms with Gasteiger partial charge in [0.1, 0.15) is 5.71 Å².